The van der Waals surface area contributed by atoms with Gasteiger partial charge in [-0.3, -0.25) is 4.72 Å². The fraction of sp³-hybridized carbons (Fsp3) is 0. The molecule has 0 aliphatic heterocycles. The van der Waals surface area contributed by atoms with E-state index >= 15 is 0 Å². The lowest BCUT2D eigenvalue weighted by atomic mass is 10.2. The molecule has 2 N–H and O–H groups in total. The Kier molecular flexibility index (Phi) is 4.41. The van der Waals surface area contributed by atoms with E-state index in [9.17, 15) is 13.2 Å². The van der Waals surface area contributed by atoms with Crippen LogP contribution in [0.5, 0.6) is 0 Å². The molecule has 0 saturated carbocycles. The third-order valence-electron chi connectivity index (χ3n) is 2.59. The number of anilines is 1. The van der Waals surface area contributed by atoms with Crippen LogP contribution in [-0.4, -0.2) is 19.5 Å². The largest absolute Gasteiger partial charge is 0.478 e. The van der Waals surface area contributed by atoms with E-state index in [4.69, 9.17) is 28.3 Å². The molecule has 0 aliphatic rings. The van der Waals surface area contributed by atoms with Crippen molar-refractivity contribution < 1.29 is 18.3 Å². The molecule has 0 aromatic heterocycles. The quantitative estimate of drug-likeness (QED) is 0.888. The van der Waals surface area contributed by atoms with E-state index in [1.54, 1.807) is 0 Å². The Hall–Kier alpha value is -1.76. The molecule has 110 valence electrons. The molecule has 8 heteroatoms. The topological polar surface area (TPSA) is 83.5 Å². The normalized spacial score (nSPS) is 11.1. The van der Waals surface area contributed by atoms with Crippen LogP contribution in [0.2, 0.25) is 10.0 Å². The minimum absolute atomic E-state index is 0.0424. The van der Waals surface area contributed by atoms with Gasteiger partial charge in [0.05, 0.1) is 20.5 Å². The van der Waals surface area contributed by atoms with Crippen molar-refractivity contribution in [1.29, 1.82) is 0 Å². The zero-order chi connectivity index (χ0) is 15.6. The lowest BCUT2D eigenvalue weighted by Crippen LogP contribution is -2.13. The lowest BCUT2D eigenvalue weighted by Gasteiger charge is -2.09. The first-order valence-corrected chi connectivity index (χ1v) is 7.85. The average Bonchev–Trinajstić information content (AvgIpc) is 2.42. The third-order valence-corrected chi connectivity index (χ3v) is 4.70. The highest BCUT2D eigenvalue weighted by Crippen LogP contribution is 2.26. The SMILES string of the molecule is O=C(O)c1ccc(NS(=O)(=O)c2ccc(Cl)c(Cl)c2)cc1. The molecule has 0 spiro atoms. The van der Waals surface area contributed by atoms with E-state index < -0.39 is 16.0 Å². The number of aromatic carboxylic acids is 1. The van der Waals surface area contributed by atoms with Gasteiger partial charge in [0.25, 0.3) is 10.0 Å². The van der Waals surface area contributed by atoms with E-state index in [2.05, 4.69) is 4.72 Å². The molecule has 0 bridgehead atoms. The number of carbonyl (C=O) groups is 1. The number of rotatable bonds is 4. The van der Waals surface area contributed by atoms with E-state index in [-0.39, 0.29) is 26.2 Å². The molecule has 0 unspecified atom stereocenters. The number of hydrogen-bond acceptors (Lipinski definition) is 3. The number of carboxylic acid groups (broad SMARTS) is 1. The van der Waals surface area contributed by atoms with E-state index in [1.807, 2.05) is 0 Å². The van der Waals surface area contributed by atoms with E-state index in [1.165, 1.54) is 42.5 Å². The van der Waals surface area contributed by atoms with Crippen LogP contribution in [-0.2, 0) is 10.0 Å². The number of halogens is 2. The molecule has 0 radical (unpaired) electrons. The third kappa shape index (κ3) is 3.66. The second-order valence-corrected chi connectivity index (χ2v) is 6.56. The summed E-state index contributed by atoms with van der Waals surface area (Å²) in [5.41, 5.74) is 0.304. The number of carboxylic acids is 1. The van der Waals surface area contributed by atoms with Crippen LogP contribution >= 0.6 is 23.2 Å². The molecule has 0 atom stereocenters. The Labute approximate surface area is 131 Å². The van der Waals surface area contributed by atoms with Gasteiger partial charge in [0.1, 0.15) is 0 Å². The second-order valence-electron chi connectivity index (χ2n) is 4.06. The van der Waals surface area contributed by atoms with Gasteiger partial charge >= 0.3 is 5.97 Å². The molecule has 0 heterocycles. The summed E-state index contributed by atoms with van der Waals surface area (Å²) in [6.07, 6.45) is 0. The van der Waals surface area contributed by atoms with Crippen LogP contribution in [0.4, 0.5) is 5.69 Å². The smallest absolute Gasteiger partial charge is 0.335 e. The van der Waals surface area contributed by atoms with Crippen LogP contribution in [0.3, 0.4) is 0 Å². The number of nitrogens with one attached hydrogen (secondary N) is 1. The Morgan fingerprint density at radius 1 is 1.00 bits per heavy atom. The number of hydrogen-bond donors (Lipinski definition) is 2. The van der Waals surface area contributed by atoms with Gasteiger partial charge in [0, 0.05) is 5.69 Å². The van der Waals surface area contributed by atoms with Gasteiger partial charge in [0.15, 0.2) is 0 Å². The Morgan fingerprint density at radius 3 is 2.14 bits per heavy atom. The highest BCUT2D eigenvalue weighted by atomic mass is 35.5. The maximum Gasteiger partial charge on any atom is 0.335 e. The second kappa shape index (κ2) is 5.93. The van der Waals surface area contributed by atoms with Gasteiger partial charge in [0.2, 0.25) is 0 Å². The van der Waals surface area contributed by atoms with Crippen molar-refractivity contribution in [3.8, 4) is 0 Å². The first kappa shape index (κ1) is 15.6. The van der Waals surface area contributed by atoms with Crippen molar-refractivity contribution in [2.75, 3.05) is 4.72 Å². The van der Waals surface area contributed by atoms with E-state index in [0.29, 0.717) is 0 Å². The van der Waals surface area contributed by atoms with Crippen LogP contribution in [0.15, 0.2) is 47.4 Å². The van der Waals surface area contributed by atoms with Crippen molar-refractivity contribution in [3.63, 3.8) is 0 Å². The van der Waals surface area contributed by atoms with Gasteiger partial charge in [-0.15, -0.1) is 0 Å². The molecule has 0 aliphatic carbocycles. The summed E-state index contributed by atoms with van der Waals surface area (Å²) < 4.78 is 26.6. The van der Waals surface area contributed by atoms with Crippen molar-refractivity contribution >= 4 is 44.9 Å². The summed E-state index contributed by atoms with van der Waals surface area (Å²) in [6, 6.07) is 9.26. The zero-order valence-electron chi connectivity index (χ0n) is 10.4. The van der Waals surface area contributed by atoms with Crippen molar-refractivity contribution in [3.05, 3.63) is 58.1 Å². The van der Waals surface area contributed by atoms with Gasteiger partial charge in [-0.25, -0.2) is 13.2 Å². The fourth-order valence-corrected chi connectivity index (χ4v) is 2.99. The standard InChI is InChI=1S/C13H9Cl2NO4S/c14-11-6-5-10(7-12(11)15)21(19,20)16-9-3-1-8(2-4-9)13(17)18/h1-7,16H,(H,17,18). The highest BCUT2D eigenvalue weighted by molar-refractivity contribution is 7.92. The molecule has 0 amide bonds. The highest BCUT2D eigenvalue weighted by Gasteiger charge is 2.16. The average molecular weight is 346 g/mol. The summed E-state index contributed by atoms with van der Waals surface area (Å²) in [4.78, 5) is 10.7. The molecule has 5 nitrogen and oxygen atoms in total. The van der Waals surface area contributed by atoms with Gasteiger partial charge in [-0.2, -0.15) is 0 Å². The maximum atomic E-state index is 12.2. The molecule has 0 fully saturated rings. The fourth-order valence-electron chi connectivity index (χ4n) is 1.54. The molecule has 0 saturated heterocycles. The van der Waals surface area contributed by atoms with Crippen molar-refractivity contribution in [1.82, 2.24) is 0 Å². The maximum absolute atomic E-state index is 12.2. The van der Waals surface area contributed by atoms with Crippen molar-refractivity contribution in [2.45, 2.75) is 4.90 Å². The Morgan fingerprint density at radius 2 is 1.62 bits per heavy atom. The van der Waals surface area contributed by atoms with Gasteiger partial charge in [-0.05, 0) is 42.5 Å². The monoisotopic (exact) mass is 345 g/mol. The summed E-state index contributed by atoms with van der Waals surface area (Å²) in [7, 11) is -3.83. The first-order valence-electron chi connectivity index (χ1n) is 5.61. The van der Waals surface area contributed by atoms with E-state index in [0.717, 1.165) is 0 Å². The minimum atomic E-state index is -3.83. The summed E-state index contributed by atoms with van der Waals surface area (Å²) in [6.45, 7) is 0. The van der Waals surface area contributed by atoms with Crippen molar-refractivity contribution in [2.24, 2.45) is 0 Å². The lowest BCUT2D eigenvalue weighted by molar-refractivity contribution is 0.0697. The predicted molar refractivity (Wildman–Crippen MR) is 80.7 cm³/mol. The Balaban J connectivity index is 2.28. The summed E-state index contributed by atoms with van der Waals surface area (Å²) >= 11 is 11.5. The summed E-state index contributed by atoms with van der Waals surface area (Å²) in [5.74, 6) is -1.09. The van der Waals surface area contributed by atoms with Crippen LogP contribution < -0.4 is 4.72 Å². The molecule has 2 aromatic rings. The van der Waals surface area contributed by atoms with Crippen LogP contribution in [0, 0.1) is 0 Å². The van der Waals surface area contributed by atoms with Crippen LogP contribution in [0.1, 0.15) is 10.4 Å². The minimum Gasteiger partial charge on any atom is -0.478 e. The van der Waals surface area contributed by atoms with Crippen LogP contribution in [0.25, 0.3) is 0 Å². The number of sulfonamides is 1. The molecule has 21 heavy (non-hydrogen) atoms. The number of benzene rings is 2. The first-order chi connectivity index (χ1) is 9.79. The predicted octanol–water partition coefficient (Wildman–Crippen LogP) is 3.49. The molecular weight excluding hydrogens is 337 g/mol. The summed E-state index contributed by atoms with van der Waals surface area (Å²) in [5, 5.41) is 9.15. The molecule has 2 aromatic carbocycles. The Bertz CT molecular complexity index is 788. The molecule has 2 rings (SSSR count). The van der Waals surface area contributed by atoms with Gasteiger partial charge in [-0.1, -0.05) is 23.2 Å². The zero-order valence-corrected chi connectivity index (χ0v) is 12.7. The molecular formula is C13H9Cl2NO4S. The van der Waals surface area contributed by atoms with Gasteiger partial charge < -0.3 is 5.11 Å².